The van der Waals surface area contributed by atoms with E-state index in [0.29, 0.717) is 5.69 Å². The van der Waals surface area contributed by atoms with E-state index in [1.807, 2.05) is 37.3 Å². The fourth-order valence-corrected chi connectivity index (χ4v) is 2.64. The first-order chi connectivity index (χ1) is 12.9. The number of nitro groups is 1. The number of non-ortho nitro benzene ring substituents is 1. The van der Waals surface area contributed by atoms with Gasteiger partial charge in [0.05, 0.1) is 21.7 Å². The number of nitriles is 2. The van der Waals surface area contributed by atoms with E-state index in [1.165, 1.54) is 0 Å². The molecule has 8 nitrogen and oxygen atoms in total. The molecule has 0 amide bonds. The van der Waals surface area contributed by atoms with E-state index < -0.39 is 4.92 Å². The summed E-state index contributed by atoms with van der Waals surface area (Å²) in [6, 6.07) is 11.6. The molecule has 0 unspecified atom stereocenters. The van der Waals surface area contributed by atoms with Crippen LogP contribution in [0, 0.1) is 39.7 Å². The Hall–Kier alpha value is -3.78. The van der Waals surface area contributed by atoms with Crippen LogP contribution in [0.15, 0.2) is 40.6 Å². The zero-order valence-corrected chi connectivity index (χ0v) is 15.3. The fraction of sp³-hybridized carbons (Fsp3) is 0.263. The van der Waals surface area contributed by atoms with E-state index in [4.69, 9.17) is 0 Å². The third-order valence-electron chi connectivity index (χ3n) is 4.11. The smallest absolute Gasteiger partial charge is 0.272 e. The molecule has 136 valence electrons. The summed E-state index contributed by atoms with van der Waals surface area (Å²) in [6.07, 6.45) is 0. The zero-order chi connectivity index (χ0) is 20.0. The Kier molecular flexibility index (Phi) is 6.18. The molecule has 0 saturated heterocycles. The molecule has 2 aromatic rings. The van der Waals surface area contributed by atoms with E-state index in [1.54, 1.807) is 0 Å². The molecule has 27 heavy (non-hydrogen) atoms. The molecule has 0 aliphatic heterocycles. The van der Waals surface area contributed by atoms with Crippen molar-refractivity contribution in [3.63, 3.8) is 0 Å². The predicted octanol–water partition coefficient (Wildman–Crippen LogP) is 4.91. The van der Waals surface area contributed by atoms with E-state index in [2.05, 4.69) is 29.0 Å². The number of nitro benzene ring substituents is 1. The number of hydrogen-bond donors (Lipinski definition) is 0. The first kappa shape index (κ1) is 19.5. The predicted molar refractivity (Wildman–Crippen MR) is 101 cm³/mol. The first-order valence-electron chi connectivity index (χ1n) is 8.35. The van der Waals surface area contributed by atoms with Crippen LogP contribution in [0.1, 0.15) is 30.5 Å². The maximum Gasteiger partial charge on any atom is 0.272 e. The van der Waals surface area contributed by atoms with Gasteiger partial charge in [0.15, 0.2) is 0 Å². The SMILES string of the molecule is CCN(CC)c1ccc(/N=N/c2c(C#N)cc([N+](=O)[O-])cc2C#N)c(C)c1. The molecule has 0 fully saturated rings. The lowest BCUT2D eigenvalue weighted by Crippen LogP contribution is -2.21. The number of azo groups is 1. The molecule has 2 rings (SSSR count). The number of rotatable bonds is 6. The largest absolute Gasteiger partial charge is 0.372 e. The molecule has 0 bridgehead atoms. The van der Waals surface area contributed by atoms with Crippen LogP contribution < -0.4 is 4.90 Å². The van der Waals surface area contributed by atoms with Crippen LogP contribution in [0.4, 0.5) is 22.7 Å². The molecule has 0 aliphatic carbocycles. The molecule has 0 spiro atoms. The molecule has 0 aromatic heterocycles. The number of aryl methyl sites for hydroxylation is 1. The van der Waals surface area contributed by atoms with Gasteiger partial charge in [0.2, 0.25) is 0 Å². The van der Waals surface area contributed by atoms with Gasteiger partial charge in [0, 0.05) is 30.9 Å². The third kappa shape index (κ3) is 4.25. The van der Waals surface area contributed by atoms with Crippen molar-refractivity contribution in [3.8, 4) is 12.1 Å². The van der Waals surface area contributed by atoms with Crippen molar-refractivity contribution in [2.24, 2.45) is 10.2 Å². The quantitative estimate of drug-likeness (QED) is 0.411. The van der Waals surface area contributed by atoms with Gasteiger partial charge in [-0.25, -0.2) is 0 Å². The zero-order valence-electron chi connectivity index (χ0n) is 15.3. The van der Waals surface area contributed by atoms with Crippen LogP contribution in [0.25, 0.3) is 0 Å². The Balaban J connectivity index is 2.45. The van der Waals surface area contributed by atoms with Crippen LogP contribution in [0.2, 0.25) is 0 Å². The molecule has 8 heteroatoms. The van der Waals surface area contributed by atoms with Gasteiger partial charge >= 0.3 is 0 Å². The Morgan fingerprint density at radius 1 is 1.07 bits per heavy atom. The second-order valence-corrected chi connectivity index (χ2v) is 5.71. The van der Waals surface area contributed by atoms with Gasteiger partial charge < -0.3 is 4.90 Å². The molecular weight excluding hydrogens is 344 g/mol. The minimum atomic E-state index is -0.654. The highest BCUT2D eigenvalue weighted by Crippen LogP contribution is 2.32. The van der Waals surface area contributed by atoms with Crippen molar-refractivity contribution in [2.45, 2.75) is 20.8 Å². The van der Waals surface area contributed by atoms with Gasteiger partial charge in [0.1, 0.15) is 17.8 Å². The van der Waals surface area contributed by atoms with Gasteiger partial charge in [-0.05, 0) is 44.5 Å². The molecule has 0 aliphatic rings. The third-order valence-corrected chi connectivity index (χ3v) is 4.11. The van der Waals surface area contributed by atoms with Gasteiger partial charge in [-0.15, -0.1) is 5.11 Å². The molecule has 0 atom stereocenters. The van der Waals surface area contributed by atoms with Gasteiger partial charge in [-0.2, -0.15) is 15.6 Å². The maximum atomic E-state index is 10.9. The summed E-state index contributed by atoms with van der Waals surface area (Å²) in [5.41, 5.74) is 2.12. The normalized spacial score (nSPS) is 10.4. The Labute approximate surface area is 157 Å². The highest BCUT2D eigenvalue weighted by molar-refractivity contribution is 5.67. The number of anilines is 1. The average Bonchev–Trinajstić information content (AvgIpc) is 2.67. The van der Waals surface area contributed by atoms with Crippen molar-refractivity contribution < 1.29 is 4.92 Å². The molecule has 0 heterocycles. The monoisotopic (exact) mass is 362 g/mol. The summed E-state index contributed by atoms with van der Waals surface area (Å²) in [6.45, 7) is 7.82. The minimum absolute atomic E-state index is 0.0258. The minimum Gasteiger partial charge on any atom is -0.372 e. The molecule has 0 saturated carbocycles. The van der Waals surface area contributed by atoms with Crippen molar-refractivity contribution >= 4 is 22.7 Å². The summed E-state index contributed by atoms with van der Waals surface area (Å²) in [5.74, 6) is 0. The van der Waals surface area contributed by atoms with Crippen molar-refractivity contribution in [1.29, 1.82) is 10.5 Å². The fourth-order valence-electron chi connectivity index (χ4n) is 2.64. The van der Waals surface area contributed by atoms with Crippen LogP contribution >= 0.6 is 0 Å². The van der Waals surface area contributed by atoms with Gasteiger partial charge in [0.25, 0.3) is 5.69 Å². The van der Waals surface area contributed by atoms with Crippen LogP contribution in [0.3, 0.4) is 0 Å². The standard InChI is InChI=1S/C19H18N6O2/c1-4-24(5-2)16-6-7-18(13(3)8-16)22-23-19-14(11-20)9-17(25(26)27)10-15(19)12-21/h6-10H,4-5H2,1-3H3/b23-22+. The summed E-state index contributed by atoms with van der Waals surface area (Å²) in [5, 5.41) is 37.6. The number of hydrogen-bond acceptors (Lipinski definition) is 7. The summed E-state index contributed by atoms with van der Waals surface area (Å²) < 4.78 is 0. The highest BCUT2D eigenvalue weighted by atomic mass is 16.6. The molecule has 0 radical (unpaired) electrons. The summed E-state index contributed by atoms with van der Waals surface area (Å²) in [4.78, 5) is 12.5. The van der Waals surface area contributed by atoms with Crippen LogP contribution in [-0.2, 0) is 0 Å². The summed E-state index contributed by atoms with van der Waals surface area (Å²) >= 11 is 0. The second kappa shape index (κ2) is 8.54. The molecule has 2 aromatic carbocycles. The average molecular weight is 362 g/mol. The number of benzene rings is 2. The van der Waals surface area contributed by atoms with Crippen molar-refractivity contribution in [2.75, 3.05) is 18.0 Å². The van der Waals surface area contributed by atoms with E-state index in [0.717, 1.165) is 36.5 Å². The number of nitrogens with zero attached hydrogens (tertiary/aromatic N) is 6. The van der Waals surface area contributed by atoms with E-state index in [-0.39, 0.29) is 22.5 Å². The Morgan fingerprint density at radius 3 is 2.11 bits per heavy atom. The lowest BCUT2D eigenvalue weighted by molar-refractivity contribution is -0.384. The maximum absolute atomic E-state index is 10.9. The Morgan fingerprint density at radius 2 is 1.67 bits per heavy atom. The lowest BCUT2D eigenvalue weighted by atomic mass is 10.1. The van der Waals surface area contributed by atoms with Crippen LogP contribution in [-0.4, -0.2) is 18.0 Å². The Bertz CT molecular complexity index is 946. The molecular formula is C19H18N6O2. The van der Waals surface area contributed by atoms with E-state index >= 15 is 0 Å². The van der Waals surface area contributed by atoms with Gasteiger partial charge in [-0.1, -0.05) is 0 Å². The second-order valence-electron chi connectivity index (χ2n) is 5.71. The topological polar surface area (TPSA) is 119 Å². The van der Waals surface area contributed by atoms with Crippen molar-refractivity contribution in [3.05, 3.63) is 57.1 Å². The van der Waals surface area contributed by atoms with Crippen LogP contribution in [0.5, 0.6) is 0 Å². The molecule has 0 N–H and O–H groups in total. The first-order valence-corrected chi connectivity index (χ1v) is 8.35. The van der Waals surface area contributed by atoms with Crippen molar-refractivity contribution in [1.82, 2.24) is 0 Å². The van der Waals surface area contributed by atoms with Gasteiger partial charge in [-0.3, -0.25) is 10.1 Å². The lowest BCUT2D eigenvalue weighted by Gasteiger charge is -2.21. The summed E-state index contributed by atoms with van der Waals surface area (Å²) in [7, 11) is 0. The van der Waals surface area contributed by atoms with E-state index in [9.17, 15) is 20.6 Å². The highest BCUT2D eigenvalue weighted by Gasteiger charge is 2.17.